The lowest BCUT2D eigenvalue weighted by Crippen LogP contribution is -2.25. The van der Waals surface area contributed by atoms with Crippen LogP contribution in [0.5, 0.6) is 0 Å². The van der Waals surface area contributed by atoms with Crippen molar-refractivity contribution in [3.63, 3.8) is 0 Å². The topological polar surface area (TPSA) is 105 Å². The molecule has 0 unspecified atom stereocenters. The first-order valence-corrected chi connectivity index (χ1v) is 11.2. The standard InChI is InChI=1S/C27H26N2O5/c1-17-12-13-18(26(32)28-14-6-11-25(30)31)15-24(17)29-27(33)34-16-23-21-9-4-2-7-19(21)20-8-3-5-10-22(20)23/h2-5,7-10,12-13,15,23H,6,11,14,16H2,1H3,(H,28,32)(H,29,33)(H,30,31). The summed E-state index contributed by atoms with van der Waals surface area (Å²) < 4.78 is 5.59. The van der Waals surface area contributed by atoms with Crippen LogP contribution in [0.15, 0.2) is 66.7 Å². The first-order chi connectivity index (χ1) is 16.4. The van der Waals surface area contributed by atoms with E-state index in [4.69, 9.17) is 9.84 Å². The smallest absolute Gasteiger partial charge is 0.411 e. The van der Waals surface area contributed by atoms with Gasteiger partial charge in [0.15, 0.2) is 0 Å². The van der Waals surface area contributed by atoms with Gasteiger partial charge < -0.3 is 15.2 Å². The Morgan fingerprint density at radius 2 is 1.59 bits per heavy atom. The fourth-order valence-corrected chi connectivity index (χ4v) is 4.19. The summed E-state index contributed by atoms with van der Waals surface area (Å²) in [5.74, 6) is -1.28. The summed E-state index contributed by atoms with van der Waals surface area (Å²) in [7, 11) is 0. The van der Waals surface area contributed by atoms with E-state index in [1.54, 1.807) is 18.2 Å². The second-order valence-corrected chi connectivity index (χ2v) is 8.23. The lowest BCUT2D eigenvalue weighted by molar-refractivity contribution is -0.137. The summed E-state index contributed by atoms with van der Waals surface area (Å²) in [5, 5.41) is 14.1. The van der Waals surface area contributed by atoms with E-state index in [1.165, 1.54) is 0 Å². The number of hydrogen-bond donors (Lipinski definition) is 3. The van der Waals surface area contributed by atoms with E-state index >= 15 is 0 Å². The molecule has 7 heteroatoms. The fraction of sp³-hybridized carbons (Fsp3) is 0.222. The molecule has 3 aromatic carbocycles. The zero-order chi connectivity index (χ0) is 24.1. The van der Waals surface area contributed by atoms with Crippen molar-refractivity contribution in [1.29, 1.82) is 0 Å². The van der Waals surface area contributed by atoms with Gasteiger partial charge in [-0.05, 0) is 53.3 Å². The van der Waals surface area contributed by atoms with Crippen molar-refractivity contribution in [3.05, 3.63) is 89.0 Å². The SMILES string of the molecule is Cc1ccc(C(=O)NCCCC(=O)O)cc1NC(=O)OCC1c2ccccc2-c2ccccc21. The van der Waals surface area contributed by atoms with Gasteiger partial charge in [0.25, 0.3) is 5.91 Å². The maximum Gasteiger partial charge on any atom is 0.411 e. The molecule has 0 aromatic heterocycles. The summed E-state index contributed by atoms with van der Waals surface area (Å²) in [5.41, 5.74) is 6.22. The zero-order valence-corrected chi connectivity index (χ0v) is 18.8. The number of carbonyl (C=O) groups is 3. The minimum atomic E-state index is -0.904. The number of anilines is 1. The van der Waals surface area contributed by atoms with Gasteiger partial charge in [-0.3, -0.25) is 14.9 Å². The van der Waals surface area contributed by atoms with Crippen molar-refractivity contribution < 1.29 is 24.2 Å². The number of aryl methyl sites for hydroxylation is 1. The molecule has 0 fully saturated rings. The highest BCUT2D eigenvalue weighted by molar-refractivity contribution is 5.96. The first kappa shape index (κ1) is 23.0. The number of fused-ring (bicyclic) bond motifs is 3. The summed E-state index contributed by atoms with van der Waals surface area (Å²) in [6, 6.07) is 21.2. The Kier molecular flexibility index (Phi) is 6.92. The van der Waals surface area contributed by atoms with Gasteiger partial charge in [0, 0.05) is 30.1 Å². The molecule has 3 aromatic rings. The van der Waals surface area contributed by atoms with Gasteiger partial charge in [0.1, 0.15) is 6.61 Å². The van der Waals surface area contributed by atoms with Crippen LogP contribution in [-0.2, 0) is 9.53 Å². The molecular formula is C27H26N2O5. The second-order valence-electron chi connectivity index (χ2n) is 8.23. The Bertz CT molecular complexity index is 1190. The predicted octanol–water partition coefficient (Wildman–Crippen LogP) is 4.95. The van der Waals surface area contributed by atoms with Gasteiger partial charge in [0.05, 0.1) is 0 Å². The molecule has 0 aliphatic heterocycles. The minimum Gasteiger partial charge on any atom is -0.481 e. The Hall–Kier alpha value is -4.13. The van der Waals surface area contributed by atoms with Crippen molar-refractivity contribution in [1.82, 2.24) is 5.32 Å². The molecule has 3 N–H and O–H groups in total. The molecule has 174 valence electrons. The third-order valence-corrected chi connectivity index (χ3v) is 5.93. The van der Waals surface area contributed by atoms with Crippen LogP contribution in [0.3, 0.4) is 0 Å². The van der Waals surface area contributed by atoms with Crippen LogP contribution in [0, 0.1) is 6.92 Å². The van der Waals surface area contributed by atoms with Crippen LogP contribution in [-0.4, -0.2) is 36.2 Å². The molecule has 0 radical (unpaired) electrons. The minimum absolute atomic E-state index is 0.0111. The normalized spacial score (nSPS) is 11.9. The summed E-state index contributed by atoms with van der Waals surface area (Å²) in [4.78, 5) is 35.6. The van der Waals surface area contributed by atoms with Crippen LogP contribution in [0.4, 0.5) is 10.5 Å². The van der Waals surface area contributed by atoms with Crippen molar-refractivity contribution in [2.24, 2.45) is 0 Å². The van der Waals surface area contributed by atoms with Crippen molar-refractivity contribution in [2.75, 3.05) is 18.5 Å². The third kappa shape index (κ3) is 5.09. The number of carbonyl (C=O) groups excluding carboxylic acids is 2. The number of carboxylic acids is 1. The van der Waals surface area contributed by atoms with Gasteiger partial charge in [-0.1, -0.05) is 54.6 Å². The highest BCUT2D eigenvalue weighted by Gasteiger charge is 2.29. The summed E-state index contributed by atoms with van der Waals surface area (Å²) in [6.07, 6.45) is -0.260. The molecular weight excluding hydrogens is 432 g/mol. The molecule has 1 aliphatic rings. The van der Waals surface area contributed by atoms with E-state index in [0.29, 0.717) is 17.7 Å². The fourth-order valence-electron chi connectivity index (χ4n) is 4.19. The molecule has 7 nitrogen and oxygen atoms in total. The van der Waals surface area contributed by atoms with Crippen LogP contribution >= 0.6 is 0 Å². The van der Waals surface area contributed by atoms with E-state index in [1.807, 2.05) is 31.2 Å². The molecule has 0 saturated carbocycles. The average molecular weight is 459 g/mol. The average Bonchev–Trinajstić information content (AvgIpc) is 3.15. The lowest BCUT2D eigenvalue weighted by Gasteiger charge is -2.15. The molecule has 0 heterocycles. The van der Waals surface area contributed by atoms with Gasteiger partial charge in [-0.15, -0.1) is 0 Å². The number of amides is 2. The predicted molar refractivity (Wildman–Crippen MR) is 129 cm³/mol. The van der Waals surface area contributed by atoms with Crippen LogP contribution in [0.25, 0.3) is 11.1 Å². The number of rotatable bonds is 8. The number of aliphatic carboxylic acids is 1. The van der Waals surface area contributed by atoms with Crippen molar-refractivity contribution in [3.8, 4) is 11.1 Å². The number of hydrogen-bond acceptors (Lipinski definition) is 4. The van der Waals surface area contributed by atoms with Gasteiger partial charge in [-0.2, -0.15) is 0 Å². The maximum atomic E-state index is 12.6. The Morgan fingerprint density at radius 3 is 2.24 bits per heavy atom. The number of benzene rings is 3. The van der Waals surface area contributed by atoms with E-state index in [0.717, 1.165) is 27.8 Å². The van der Waals surface area contributed by atoms with Gasteiger partial charge in [0.2, 0.25) is 0 Å². The molecule has 0 saturated heterocycles. The molecule has 0 bridgehead atoms. The third-order valence-electron chi connectivity index (χ3n) is 5.93. The van der Waals surface area contributed by atoms with Crippen LogP contribution < -0.4 is 10.6 Å². The summed E-state index contributed by atoms with van der Waals surface area (Å²) in [6.45, 7) is 2.28. The Morgan fingerprint density at radius 1 is 0.941 bits per heavy atom. The van der Waals surface area contributed by atoms with Crippen LogP contribution in [0.2, 0.25) is 0 Å². The molecule has 2 amide bonds. The molecule has 34 heavy (non-hydrogen) atoms. The second kappa shape index (κ2) is 10.2. The zero-order valence-electron chi connectivity index (χ0n) is 18.8. The lowest BCUT2D eigenvalue weighted by atomic mass is 9.98. The maximum absolute atomic E-state index is 12.6. The van der Waals surface area contributed by atoms with E-state index in [-0.39, 0.29) is 31.4 Å². The number of nitrogens with one attached hydrogen (secondary N) is 2. The van der Waals surface area contributed by atoms with E-state index < -0.39 is 12.1 Å². The van der Waals surface area contributed by atoms with Gasteiger partial charge in [-0.25, -0.2) is 4.79 Å². The highest BCUT2D eigenvalue weighted by atomic mass is 16.5. The number of carboxylic acid groups (broad SMARTS) is 1. The van der Waals surface area contributed by atoms with E-state index in [2.05, 4.69) is 34.9 Å². The molecule has 1 aliphatic carbocycles. The van der Waals surface area contributed by atoms with Crippen LogP contribution in [0.1, 0.15) is 45.8 Å². The largest absolute Gasteiger partial charge is 0.481 e. The van der Waals surface area contributed by atoms with Crippen molar-refractivity contribution in [2.45, 2.75) is 25.7 Å². The first-order valence-electron chi connectivity index (χ1n) is 11.2. The summed E-state index contributed by atoms with van der Waals surface area (Å²) >= 11 is 0. The monoisotopic (exact) mass is 458 g/mol. The molecule has 0 spiro atoms. The molecule has 0 atom stereocenters. The van der Waals surface area contributed by atoms with Crippen molar-refractivity contribution >= 4 is 23.7 Å². The quantitative estimate of drug-likeness (QED) is 0.414. The Balaban J connectivity index is 1.39. The van der Waals surface area contributed by atoms with Gasteiger partial charge >= 0.3 is 12.1 Å². The highest BCUT2D eigenvalue weighted by Crippen LogP contribution is 2.44. The molecule has 4 rings (SSSR count). The number of ether oxygens (including phenoxy) is 1. The Labute approximate surface area is 197 Å². The van der Waals surface area contributed by atoms with E-state index in [9.17, 15) is 14.4 Å².